The van der Waals surface area contributed by atoms with E-state index in [-0.39, 0.29) is 5.56 Å². The topological polar surface area (TPSA) is 67.2 Å². The summed E-state index contributed by atoms with van der Waals surface area (Å²) < 4.78 is 18.9. The molecule has 2 aromatic carbocycles. The SMILES string of the molecule is O=C(NCCNc1nc2ccccc2o1)c1ccccc1F. The molecule has 0 bridgehead atoms. The Balaban J connectivity index is 1.51. The van der Waals surface area contributed by atoms with E-state index in [1.165, 1.54) is 12.1 Å². The number of carbonyl (C=O) groups excluding carboxylic acids is 1. The Morgan fingerprint density at radius 1 is 1.09 bits per heavy atom. The minimum atomic E-state index is -0.535. The van der Waals surface area contributed by atoms with Gasteiger partial charge in [-0.05, 0) is 24.3 Å². The van der Waals surface area contributed by atoms with Crippen molar-refractivity contribution in [2.24, 2.45) is 0 Å². The fraction of sp³-hybridized carbons (Fsp3) is 0.125. The second kappa shape index (κ2) is 6.26. The van der Waals surface area contributed by atoms with Gasteiger partial charge in [0, 0.05) is 13.1 Å². The predicted octanol–water partition coefficient (Wildman–Crippen LogP) is 2.81. The highest BCUT2D eigenvalue weighted by molar-refractivity contribution is 5.94. The van der Waals surface area contributed by atoms with Crippen LogP contribution < -0.4 is 10.6 Å². The fourth-order valence-corrected chi connectivity index (χ4v) is 2.03. The Morgan fingerprint density at radius 3 is 2.68 bits per heavy atom. The highest BCUT2D eigenvalue weighted by atomic mass is 19.1. The zero-order valence-electron chi connectivity index (χ0n) is 11.7. The Morgan fingerprint density at radius 2 is 1.86 bits per heavy atom. The summed E-state index contributed by atoms with van der Waals surface area (Å²) in [7, 11) is 0. The largest absolute Gasteiger partial charge is 0.424 e. The number of oxazole rings is 1. The van der Waals surface area contributed by atoms with Gasteiger partial charge in [-0.1, -0.05) is 24.3 Å². The van der Waals surface area contributed by atoms with Crippen LogP contribution in [0.2, 0.25) is 0 Å². The third kappa shape index (κ3) is 3.06. The molecule has 0 saturated heterocycles. The zero-order valence-corrected chi connectivity index (χ0v) is 11.7. The quantitative estimate of drug-likeness (QED) is 0.711. The third-order valence-corrected chi connectivity index (χ3v) is 3.10. The van der Waals surface area contributed by atoms with Crippen LogP contribution in [0.4, 0.5) is 10.4 Å². The first-order valence-electron chi connectivity index (χ1n) is 6.86. The molecule has 3 rings (SSSR count). The van der Waals surface area contributed by atoms with Gasteiger partial charge in [0.05, 0.1) is 5.56 Å². The second-order valence-corrected chi connectivity index (χ2v) is 4.65. The number of hydrogen-bond acceptors (Lipinski definition) is 4. The summed E-state index contributed by atoms with van der Waals surface area (Å²) >= 11 is 0. The van der Waals surface area contributed by atoms with Gasteiger partial charge in [-0.15, -0.1) is 0 Å². The van der Waals surface area contributed by atoms with Gasteiger partial charge in [0.2, 0.25) is 0 Å². The lowest BCUT2D eigenvalue weighted by molar-refractivity contribution is 0.0951. The van der Waals surface area contributed by atoms with E-state index < -0.39 is 11.7 Å². The van der Waals surface area contributed by atoms with E-state index in [4.69, 9.17) is 4.42 Å². The molecule has 22 heavy (non-hydrogen) atoms. The van der Waals surface area contributed by atoms with E-state index in [9.17, 15) is 9.18 Å². The van der Waals surface area contributed by atoms with E-state index in [0.717, 1.165) is 5.52 Å². The molecule has 0 atom stereocenters. The lowest BCUT2D eigenvalue weighted by Gasteiger charge is -2.06. The predicted molar refractivity (Wildman–Crippen MR) is 81.2 cm³/mol. The molecule has 1 amide bonds. The van der Waals surface area contributed by atoms with Crippen LogP contribution in [0.25, 0.3) is 11.1 Å². The average Bonchev–Trinajstić information content (AvgIpc) is 2.94. The van der Waals surface area contributed by atoms with Crippen LogP contribution in [0.5, 0.6) is 0 Å². The molecule has 5 nitrogen and oxygen atoms in total. The summed E-state index contributed by atoms with van der Waals surface area (Å²) in [5.74, 6) is -0.982. The maximum Gasteiger partial charge on any atom is 0.295 e. The molecule has 0 aliphatic carbocycles. The van der Waals surface area contributed by atoms with Gasteiger partial charge < -0.3 is 15.1 Å². The van der Waals surface area contributed by atoms with Crippen molar-refractivity contribution < 1.29 is 13.6 Å². The molecule has 0 saturated carbocycles. The standard InChI is InChI=1S/C16H14FN3O2/c17-12-6-2-1-5-11(12)15(21)18-9-10-19-16-20-13-7-3-4-8-14(13)22-16/h1-8H,9-10H2,(H,18,21)(H,19,20). The first kappa shape index (κ1) is 14.1. The number of rotatable bonds is 5. The fourth-order valence-electron chi connectivity index (χ4n) is 2.03. The lowest BCUT2D eigenvalue weighted by Crippen LogP contribution is -2.29. The van der Waals surface area contributed by atoms with Gasteiger partial charge >= 0.3 is 0 Å². The summed E-state index contributed by atoms with van der Waals surface area (Å²) in [6.45, 7) is 0.749. The number of hydrogen-bond donors (Lipinski definition) is 2. The first-order valence-corrected chi connectivity index (χ1v) is 6.86. The van der Waals surface area contributed by atoms with Gasteiger partial charge in [-0.2, -0.15) is 4.98 Å². The summed E-state index contributed by atoms with van der Waals surface area (Å²) in [5.41, 5.74) is 1.49. The average molecular weight is 299 g/mol. The number of nitrogens with one attached hydrogen (secondary N) is 2. The minimum Gasteiger partial charge on any atom is -0.424 e. The molecule has 112 valence electrons. The van der Waals surface area contributed by atoms with Crippen molar-refractivity contribution in [3.63, 3.8) is 0 Å². The molecule has 1 aromatic heterocycles. The Bertz CT molecular complexity index is 768. The number of fused-ring (bicyclic) bond motifs is 1. The highest BCUT2D eigenvalue weighted by Gasteiger charge is 2.10. The third-order valence-electron chi connectivity index (χ3n) is 3.10. The molecule has 0 fully saturated rings. The van der Waals surface area contributed by atoms with Gasteiger partial charge in [-0.3, -0.25) is 4.79 Å². The van der Waals surface area contributed by atoms with Crippen molar-refractivity contribution in [1.82, 2.24) is 10.3 Å². The molecule has 1 heterocycles. The molecule has 0 unspecified atom stereocenters. The number of para-hydroxylation sites is 2. The molecular formula is C16H14FN3O2. The number of carbonyl (C=O) groups is 1. The van der Waals surface area contributed by atoms with Crippen LogP contribution >= 0.6 is 0 Å². The number of nitrogens with zero attached hydrogens (tertiary/aromatic N) is 1. The molecule has 0 radical (unpaired) electrons. The van der Waals surface area contributed by atoms with E-state index >= 15 is 0 Å². The number of halogens is 1. The van der Waals surface area contributed by atoms with Crippen LogP contribution in [-0.2, 0) is 0 Å². The Labute approximate surface area is 126 Å². The molecule has 0 aliphatic heterocycles. The summed E-state index contributed by atoms with van der Waals surface area (Å²) in [4.78, 5) is 16.1. The van der Waals surface area contributed by atoms with Crippen LogP contribution in [0.15, 0.2) is 52.9 Å². The van der Waals surface area contributed by atoms with E-state index in [2.05, 4.69) is 15.6 Å². The van der Waals surface area contributed by atoms with E-state index in [1.54, 1.807) is 12.1 Å². The van der Waals surface area contributed by atoms with Crippen LogP contribution in [0.3, 0.4) is 0 Å². The molecule has 0 spiro atoms. The van der Waals surface area contributed by atoms with Gasteiger partial charge in [0.15, 0.2) is 5.58 Å². The van der Waals surface area contributed by atoms with Crippen LogP contribution in [-0.4, -0.2) is 24.0 Å². The summed E-state index contributed by atoms with van der Waals surface area (Å²) in [6, 6.07) is 13.7. The van der Waals surface area contributed by atoms with Crippen molar-refractivity contribution in [1.29, 1.82) is 0 Å². The number of anilines is 1. The van der Waals surface area contributed by atoms with Crippen molar-refractivity contribution in [3.05, 3.63) is 59.9 Å². The maximum absolute atomic E-state index is 13.4. The van der Waals surface area contributed by atoms with Gasteiger partial charge in [0.25, 0.3) is 11.9 Å². The van der Waals surface area contributed by atoms with Crippen molar-refractivity contribution in [2.45, 2.75) is 0 Å². The highest BCUT2D eigenvalue weighted by Crippen LogP contribution is 2.17. The summed E-state index contributed by atoms with van der Waals surface area (Å²) in [5, 5.41) is 5.60. The molecular weight excluding hydrogens is 285 g/mol. The van der Waals surface area contributed by atoms with E-state index in [0.29, 0.717) is 24.7 Å². The van der Waals surface area contributed by atoms with Crippen LogP contribution in [0.1, 0.15) is 10.4 Å². The monoisotopic (exact) mass is 299 g/mol. The maximum atomic E-state index is 13.4. The molecule has 6 heteroatoms. The van der Waals surface area contributed by atoms with Crippen molar-refractivity contribution >= 4 is 23.0 Å². The Kier molecular flexibility index (Phi) is 4.00. The number of aromatic nitrogens is 1. The lowest BCUT2D eigenvalue weighted by atomic mass is 10.2. The Hall–Kier alpha value is -2.89. The second-order valence-electron chi connectivity index (χ2n) is 4.65. The number of amides is 1. The summed E-state index contributed by atoms with van der Waals surface area (Å²) in [6.07, 6.45) is 0. The van der Waals surface area contributed by atoms with Crippen molar-refractivity contribution in [3.8, 4) is 0 Å². The van der Waals surface area contributed by atoms with Crippen molar-refractivity contribution in [2.75, 3.05) is 18.4 Å². The van der Waals surface area contributed by atoms with E-state index in [1.807, 2.05) is 24.3 Å². The van der Waals surface area contributed by atoms with Gasteiger partial charge in [-0.25, -0.2) is 4.39 Å². The molecule has 3 aromatic rings. The number of benzene rings is 2. The molecule has 2 N–H and O–H groups in total. The minimum absolute atomic E-state index is 0.0318. The van der Waals surface area contributed by atoms with Gasteiger partial charge in [0.1, 0.15) is 11.3 Å². The zero-order chi connectivity index (χ0) is 15.4. The normalized spacial score (nSPS) is 10.6. The smallest absolute Gasteiger partial charge is 0.295 e. The van der Waals surface area contributed by atoms with Crippen LogP contribution in [0, 0.1) is 5.82 Å². The molecule has 0 aliphatic rings. The first-order chi connectivity index (χ1) is 10.7.